The van der Waals surface area contributed by atoms with Gasteiger partial charge in [0.1, 0.15) is 24.3 Å². The fourth-order valence-corrected chi connectivity index (χ4v) is 4.05. The largest absolute Gasteiger partial charge is 0.491 e. The molecule has 2 aromatic carbocycles. The maximum atomic E-state index is 10.6. The third-order valence-corrected chi connectivity index (χ3v) is 5.51. The zero-order chi connectivity index (χ0) is 18.6. The number of aliphatic hydroxyl groups is 1. The number of fused-ring (bicyclic) bond motifs is 1. The van der Waals surface area contributed by atoms with Crippen LogP contribution in [0.25, 0.3) is 11.0 Å². The normalized spacial score (nSPS) is 16.5. The highest BCUT2D eigenvalue weighted by molar-refractivity contribution is 5.76. The molecule has 4 heteroatoms. The summed E-state index contributed by atoms with van der Waals surface area (Å²) < 4.78 is 8.00. The maximum Gasteiger partial charge on any atom is 0.119 e. The molecule has 0 spiro atoms. The number of hydrogen-bond acceptors (Lipinski definition) is 3. The summed E-state index contributed by atoms with van der Waals surface area (Å²) in [5.41, 5.74) is 3.32. The summed E-state index contributed by atoms with van der Waals surface area (Å²) in [6, 6.07) is 16.2. The van der Waals surface area contributed by atoms with E-state index in [0.717, 1.165) is 22.6 Å². The van der Waals surface area contributed by atoms with Crippen molar-refractivity contribution in [1.82, 2.24) is 9.55 Å². The van der Waals surface area contributed by atoms with Gasteiger partial charge in [-0.15, -0.1) is 0 Å². The Bertz CT molecular complexity index is 879. The summed E-state index contributed by atoms with van der Waals surface area (Å²) in [5, 5.41) is 10.6. The van der Waals surface area contributed by atoms with Gasteiger partial charge in [0.25, 0.3) is 0 Å². The lowest BCUT2D eigenvalue weighted by molar-refractivity contribution is 0.0922. The van der Waals surface area contributed by atoms with Gasteiger partial charge in [-0.05, 0) is 44.0 Å². The Kier molecular flexibility index (Phi) is 5.44. The van der Waals surface area contributed by atoms with E-state index in [1.165, 1.54) is 37.7 Å². The second-order valence-electron chi connectivity index (χ2n) is 7.68. The van der Waals surface area contributed by atoms with Crippen LogP contribution in [0.4, 0.5) is 0 Å². The van der Waals surface area contributed by atoms with Crippen LogP contribution in [0.3, 0.4) is 0 Å². The molecule has 1 heterocycles. The van der Waals surface area contributed by atoms with E-state index in [0.29, 0.717) is 12.5 Å². The number of rotatable bonds is 6. The van der Waals surface area contributed by atoms with Gasteiger partial charge < -0.3 is 14.4 Å². The van der Waals surface area contributed by atoms with E-state index >= 15 is 0 Å². The van der Waals surface area contributed by atoms with Crippen LogP contribution in [0.15, 0.2) is 48.5 Å². The Labute approximate surface area is 160 Å². The predicted molar refractivity (Wildman–Crippen MR) is 108 cm³/mol. The highest BCUT2D eigenvalue weighted by Gasteiger charge is 2.23. The number of aryl methyl sites for hydroxylation is 1. The van der Waals surface area contributed by atoms with Crippen molar-refractivity contribution in [3.05, 3.63) is 59.9 Å². The molecule has 1 fully saturated rings. The Morgan fingerprint density at radius 2 is 1.81 bits per heavy atom. The molecule has 0 aliphatic heterocycles. The zero-order valence-electron chi connectivity index (χ0n) is 16.0. The summed E-state index contributed by atoms with van der Waals surface area (Å²) in [5.74, 6) is 2.42. The van der Waals surface area contributed by atoms with Gasteiger partial charge >= 0.3 is 0 Å². The molecule has 1 aliphatic rings. The smallest absolute Gasteiger partial charge is 0.119 e. The summed E-state index contributed by atoms with van der Waals surface area (Å²) >= 11 is 0. The van der Waals surface area contributed by atoms with E-state index < -0.39 is 6.10 Å². The highest BCUT2D eigenvalue weighted by Crippen LogP contribution is 2.34. The van der Waals surface area contributed by atoms with Crippen LogP contribution in [0, 0.1) is 6.92 Å². The van der Waals surface area contributed by atoms with Crippen molar-refractivity contribution in [2.45, 2.75) is 57.6 Å². The summed E-state index contributed by atoms with van der Waals surface area (Å²) in [4.78, 5) is 4.93. The van der Waals surface area contributed by atoms with Crippen molar-refractivity contribution in [2.75, 3.05) is 6.61 Å². The van der Waals surface area contributed by atoms with Crippen LogP contribution >= 0.6 is 0 Å². The van der Waals surface area contributed by atoms with E-state index in [9.17, 15) is 5.11 Å². The van der Waals surface area contributed by atoms with Crippen LogP contribution < -0.4 is 4.74 Å². The lowest BCUT2D eigenvalue weighted by atomic mass is 9.88. The summed E-state index contributed by atoms with van der Waals surface area (Å²) in [6.07, 6.45) is 5.67. The van der Waals surface area contributed by atoms with E-state index in [1.54, 1.807) is 0 Å². The first-order valence-electron chi connectivity index (χ1n) is 10.0. The fraction of sp³-hybridized carbons (Fsp3) is 0.435. The van der Waals surface area contributed by atoms with Gasteiger partial charge in [-0.3, -0.25) is 0 Å². The van der Waals surface area contributed by atoms with Crippen LogP contribution in [-0.2, 0) is 6.54 Å². The number of hydrogen-bond donors (Lipinski definition) is 1. The Balaban J connectivity index is 1.51. The van der Waals surface area contributed by atoms with Gasteiger partial charge in [0, 0.05) is 5.92 Å². The first-order chi connectivity index (χ1) is 13.2. The Hall–Kier alpha value is -2.33. The molecule has 0 unspecified atom stereocenters. The number of ether oxygens (including phenoxy) is 1. The molecule has 27 heavy (non-hydrogen) atoms. The quantitative estimate of drug-likeness (QED) is 0.681. The van der Waals surface area contributed by atoms with Crippen molar-refractivity contribution in [1.29, 1.82) is 0 Å². The molecule has 0 radical (unpaired) electrons. The number of benzene rings is 2. The standard InChI is InChI=1S/C23H28N2O2/c1-17-11-13-20(14-12-17)27-16-19(26)15-25-22-10-6-5-9-21(22)24-23(25)18-7-3-2-4-8-18/h5-6,9-14,18-19,26H,2-4,7-8,15-16H2,1H3/t19-/m1/s1. The first kappa shape index (κ1) is 18.1. The van der Waals surface area contributed by atoms with Gasteiger partial charge in [-0.25, -0.2) is 4.98 Å². The zero-order valence-corrected chi connectivity index (χ0v) is 16.0. The van der Waals surface area contributed by atoms with E-state index in [-0.39, 0.29) is 6.61 Å². The van der Waals surface area contributed by atoms with Crippen molar-refractivity contribution >= 4 is 11.0 Å². The van der Waals surface area contributed by atoms with Crippen LogP contribution in [0.5, 0.6) is 5.75 Å². The minimum absolute atomic E-state index is 0.277. The summed E-state index contributed by atoms with van der Waals surface area (Å²) in [7, 11) is 0. The third kappa shape index (κ3) is 4.16. The fourth-order valence-electron chi connectivity index (χ4n) is 4.05. The summed E-state index contributed by atoms with van der Waals surface area (Å²) in [6.45, 7) is 2.84. The van der Waals surface area contributed by atoms with Crippen LogP contribution in [0.1, 0.15) is 49.4 Å². The lowest BCUT2D eigenvalue weighted by Gasteiger charge is -2.23. The maximum absolute atomic E-state index is 10.6. The Morgan fingerprint density at radius 1 is 1.07 bits per heavy atom. The second-order valence-corrected chi connectivity index (χ2v) is 7.68. The molecule has 4 nitrogen and oxygen atoms in total. The van der Waals surface area contributed by atoms with Crippen LogP contribution in [-0.4, -0.2) is 27.4 Å². The second kappa shape index (κ2) is 8.13. The molecular formula is C23H28N2O2. The van der Waals surface area contributed by atoms with Gasteiger partial charge in [-0.2, -0.15) is 0 Å². The molecule has 1 N–H and O–H groups in total. The van der Waals surface area contributed by atoms with Crippen LogP contribution in [0.2, 0.25) is 0 Å². The minimum atomic E-state index is -0.578. The van der Waals surface area contributed by atoms with Crippen molar-refractivity contribution < 1.29 is 9.84 Å². The average Bonchev–Trinajstić information content (AvgIpc) is 3.07. The molecule has 1 atom stereocenters. The van der Waals surface area contributed by atoms with Gasteiger partial charge in [0.15, 0.2) is 0 Å². The monoisotopic (exact) mass is 364 g/mol. The van der Waals surface area contributed by atoms with Gasteiger partial charge in [0.05, 0.1) is 17.6 Å². The van der Waals surface area contributed by atoms with Gasteiger partial charge in [0.2, 0.25) is 0 Å². The SMILES string of the molecule is Cc1ccc(OC[C@H](O)Cn2c(C3CCCCC3)nc3ccccc32)cc1. The van der Waals surface area contributed by atoms with Gasteiger partial charge in [-0.1, -0.05) is 49.1 Å². The topological polar surface area (TPSA) is 47.3 Å². The number of nitrogens with zero attached hydrogens (tertiary/aromatic N) is 2. The first-order valence-corrected chi connectivity index (χ1v) is 10.0. The van der Waals surface area contributed by atoms with E-state index in [4.69, 9.17) is 9.72 Å². The molecule has 0 bridgehead atoms. The molecule has 1 aromatic heterocycles. The van der Waals surface area contributed by atoms with Crippen molar-refractivity contribution in [3.8, 4) is 5.75 Å². The van der Waals surface area contributed by atoms with E-state index in [2.05, 4.69) is 23.6 Å². The average molecular weight is 364 g/mol. The molecule has 0 saturated heterocycles. The molecule has 3 aromatic rings. The third-order valence-electron chi connectivity index (χ3n) is 5.51. The number of aliphatic hydroxyl groups excluding tert-OH is 1. The highest BCUT2D eigenvalue weighted by atomic mass is 16.5. The number of aromatic nitrogens is 2. The molecular weight excluding hydrogens is 336 g/mol. The molecule has 1 saturated carbocycles. The van der Waals surface area contributed by atoms with E-state index in [1.807, 2.05) is 36.4 Å². The Morgan fingerprint density at radius 3 is 2.59 bits per heavy atom. The number of para-hydroxylation sites is 2. The molecule has 0 amide bonds. The molecule has 1 aliphatic carbocycles. The lowest BCUT2D eigenvalue weighted by Crippen LogP contribution is -2.25. The minimum Gasteiger partial charge on any atom is -0.491 e. The molecule has 4 rings (SSSR count). The predicted octanol–water partition coefficient (Wildman–Crippen LogP) is 4.83. The molecule has 142 valence electrons. The number of imidazole rings is 1. The van der Waals surface area contributed by atoms with Crippen molar-refractivity contribution in [3.63, 3.8) is 0 Å². The van der Waals surface area contributed by atoms with Crippen molar-refractivity contribution in [2.24, 2.45) is 0 Å².